The maximum absolute atomic E-state index is 5.58. The molecule has 2 aliphatic rings. The van der Waals surface area contributed by atoms with Gasteiger partial charge in [0.2, 0.25) is 0 Å². The summed E-state index contributed by atoms with van der Waals surface area (Å²) in [5.41, 5.74) is 0.400. The van der Waals surface area contributed by atoms with Crippen molar-refractivity contribution in [3.05, 3.63) is 0 Å². The Bertz CT molecular complexity index is 202. The molecule has 0 saturated carbocycles. The van der Waals surface area contributed by atoms with E-state index in [0.717, 1.165) is 19.7 Å². The van der Waals surface area contributed by atoms with E-state index in [2.05, 4.69) is 24.1 Å². The average Bonchev–Trinajstić information content (AvgIpc) is 2.67. The molecular formula is C12H24N2O. The molecule has 1 N–H and O–H groups in total. The lowest BCUT2D eigenvalue weighted by atomic mass is 9.93. The van der Waals surface area contributed by atoms with E-state index in [4.69, 9.17) is 4.74 Å². The van der Waals surface area contributed by atoms with Crippen molar-refractivity contribution in [1.82, 2.24) is 10.2 Å². The molecule has 2 heterocycles. The van der Waals surface area contributed by atoms with Crippen LogP contribution < -0.4 is 5.32 Å². The smallest absolute Gasteiger partial charge is 0.0674 e. The molecule has 2 unspecified atom stereocenters. The largest absolute Gasteiger partial charge is 0.376 e. The first-order valence-corrected chi connectivity index (χ1v) is 6.33. The van der Waals surface area contributed by atoms with E-state index in [0.29, 0.717) is 11.6 Å². The van der Waals surface area contributed by atoms with Crippen LogP contribution in [0.3, 0.4) is 0 Å². The highest BCUT2D eigenvalue weighted by atomic mass is 16.5. The van der Waals surface area contributed by atoms with Gasteiger partial charge in [0.05, 0.1) is 12.7 Å². The molecule has 2 saturated heterocycles. The summed E-state index contributed by atoms with van der Waals surface area (Å²) in [4.78, 5) is 2.57. The number of morpholine rings is 1. The molecule has 0 radical (unpaired) electrons. The van der Waals surface area contributed by atoms with Crippen molar-refractivity contribution in [3.8, 4) is 0 Å². The Kier molecular flexibility index (Phi) is 3.65. The van der Waals surface area contributed by atoms with Crippen molar-refractivity contribution in [2.75, 3.05) is 32.8 Å². The van der Waals surface area contributed by atoms with Gasteiger partial charge in [0.1, 0.15) is 0 Å². The lowest BCUT2D eigenvalue weighted by Gasteiger charge is -2.38. The van der Waals surface area contributed by atoms with E-state index >= 15 is 0 Å². The first-order valence-electron chi connectivity index (χ1n) is 6.33. The number of hydrogen-bond donors (Lipinski definition) is 1. The Morgan fingerprint density at radius 2 is 2.40 bits per heavy atom. The van der Waals surface area contributed by atoms with E-state index in [1.807, 2.05) is 0 Å². The Balaban J connectivity index is 1.88. The zero-order valence-corrected chi connectivity index (χ0v) is 10.1. The third kappa shape index (κ3) is 2.71. The third-order valence-corrected chi connectivity index (χ3v) is 3.86. The Hall–Kier alpha value is -0.120. The maximum atomic E-state index is 5.58. The zero-order chi connectivity index (χ0) is 10.7. The van der Waals surface area contributed by atoms with Crippen LogP contribution in [0.25, 0.3) is 0 Å². The van der Waals surface area contributed by atoms with Gasteiger partial charge in [-0.25, -0.2) is 0 Å². The topological polar surface area (TPSA) is 24.5 Å². The van der Waals surface area contributed by atoms with Crippen LogP contribution in [0.2, 0.25) is 0 Å². The van der Waals surface area contributed by atoms with Gasteiger partial charge in [-0.05, 0) is 32.7 Å². The van der Waals surface area contributed by atoms with Gasteiger partial charge in [-0.15, -0.1) is 0 Å². The predicted octanol–water partition coefficient (Wildman–Crippen LogP) is 1.24. The molecule has 2 fully saturated rings. The molecule has 15 heavy (non-hydrogen) atoms. The fourth-order valence-electron chi connectivity index (χ4n) is 2.88. The zero-order valence-electron chi connectivity index (χ0n) is 10.1. The molecular weight excluding hydrogens is 188 g/mol. The summed E-state index contributed by atoms with van der Waals surface area (Å²) in [7, 11) is 0. The molecule has 0 bridgehead atoms. The minimum absolute atomic E-state index is 0.400. The summed E-state index contributed by atoms with van der Waals surface area (Å²) in [5.74, 6) is 0. The normalized spacial score (nSPS) is 38.4. The van der Waals surface area contributed by atoms with Crippen LogP contribution in [-0.2, 0) is 4.74 Å². The number of nitrogens with one attached hydrogen (secondary N) is 1. The van der Waals surface area contributed by atoms with Crippen LogP contribution >= 0.6 is 0 Å². The number of nitrogens with zero attached hydrogens (tertiary/aromatic N) is 1. The van der Waals surface area contributed by atoms with Gasteiger partial charge in [0.25, 0.3) is 0 Å². The summed E-state index contributed by atoms with van der Waals surface area (Å²) in [6.07, 6.45) is 4.34. The Morgan fingerprint density at radius 1 is 1.53 bits per heavy atom. The molecule has 88 valence electrons. The average molecular weight is 212 g/mol. The molecule has 2 aliphatic heterocycles. The van der Waals surface area contributed by atoms with Gasteiger partial charge in [0.15, 0.2) is 0 Å². The molecule has 3 heteroatoms. The molecule has 0 aliphatic carbocycles. The van der Waals surface area contributed by atoms with Crippen LogP contribution in [0.5, 0.6) is 0 Å². The number of ether oxygens (including phenoxy) is 1. The van der Waals surface area contributed by atoms with Crippen molar-refractivity contribution >= 4 is 0 Å². The molecule has 3 nitrogen and oxygen atoms in total. The quantitative estimate of drug-likeness (QED) is 0.762. The van der Waals surface area contributed by atoms with Gasteiger partial charge < -0.3 is 10.1 Å². The molecule has 0 aromatic heterocycles. The highest BCUT2D eigenvalue weighted by molar-refractivity contribution is 4.95. The lowest BCUT2D eigenvalue weighted by Crippen LogP contribution is -2.53. The fourth-order valence-corrected chi connectivity index (χ4v) is 2.88. The van der Waals surface area contributed by atoms with Crippen molar-refractivity contribution in [2.45, 2.75) is 44.8 Å². The number of hydrogen-bond acceptors (Lipinski definition) is 3. The fraction of sp³-hybridized carbons (Fsp3) is 1.00. The van der Waals surface area contributed by atoms with E-state index in [9.17, 15) is 0 Å². The molecule has 0 amide bonds. The van der Waals surface area contributed by atoms with Crippen molar-refractivity contribution in [2.24, 2.45) is 0 Å². The van der Waals surface area contributed by atoms with Crippen LogP contribution in [0.1, 0.15) is 33.1 Å². The molecule has 2 atom stereocenters. The molecule has 2 rings (SSSR count). The van der Waals surface area contributed by atoms with Gasteiger partial charge in [-0.3, -0.25) is 4.90 Å². The Labute approximate surface area is 93.2 Å². The van der Waals surface area contributed by atoms with Gasteiger partial charge >= 0.3 is 0 Å². The second-order valence-electron chi connectivity index (χ2n) is 5.08. The van der Waals surface area contributed by atoms with Crippen LogP contribution in [0.4, 0.5) is 0 Å². The SMILES string of the molecule is CCC1(CN2CCOC(C)C2)CCCN1. The lowest BCUT2D eigenvalue weighted by molar-refractivity contribution is -0.0265. The summed E-state index contributed by atoms with van der Waals surface area (Å²) < 4.78 is 5.58. The molecule has 0 aromatic rings. The van der Waals surface area contributed by atoms with E-state index in [1.54, 1.807) is 0 Å². The van der Waals surface area contributed by atoms with E-state index in [-0.39, 0.29) is 0 Å². The number of rotatable bonds is 3. The first kappa shape index (κ1) is 11.4. The summed E-state index contributed by atoms with van der Waals surface area (Å²) in [6, 6.07) is 0. The van der Waals surface area contributed by atoms with Gasteiger partial charge in [-0.1, -0.05) is 6.92 Å². The van der Waals surface area contributed by atoms with Crippen molar-refractivity contribution in [1.29, 1.82) is 0 Å². The molecule has 0 spiro atoms. The van der Waals surface area contributed by atoms with Crippen LogP contribution in [0.15, 0.2) is 0 Å². The van der Waals surface area contributed by atoms with Crippen LogP contribution in [0, 0.1) is 0 Å². The summed E-state index contributed by atoms with van der Waals surface area (Å²) >= 11 is 0. The van der Waals surface area contributed by atoms with E-state index in [1.165, 1.54) is 32.4 Å². The minimum Gasteiger partial charge on any atom is -0.376 e. The third-order valence-electron chi connectivity index (χ3n) is 3.86. The predicted molar refractivity (Wildman–Crippen MR) is 62.1 cm³/mol. The minimum atomic E-state index is 0.400. The van der Waals surface area contributed by atoms with Gasteiger partial charge in [-0.2, -0.15) is 0 Å². The highest BCUT2D eigenvalue weighted by Crippen LogP contribution is 2.24. The summed E-state index contributed by atoms with van der Waals surface area (Å²) in [5, 5.41) is 3.70. The second-order valence-corrected chi connectivity index (χ2v) is 5.08. The highest BCUT2D eigenvalue weighted by Gasteiger charge is 2.34. The first-order chi connectivity index (χ1) is 7.24. The van der Waals surface area contributed by atoms with Gasteiger partial charge in [0, 0.05) is 25.2 Å². The van der Waals surface area contributed by atoms with Crippen LogP contribution in [-0.4, -0.2) is 49.3 Å². The standard InChI is InChI=1S/C12H24N2O/c1-3-12(5-4-6-13-12)10-14-7-8-15-11(2)9-14/h11,13H,3-10H2,1-2H3. The maximum Gasteiger partial charge on any atom is 0.0674 e. The van der Waals surface area contributed by atoms with Crippen molar-refractivity contribution in [3.63, 3.8) is 0 Å². The van der Waals surface area contributed by atoms with Crippen molar-refractivity contribution < 1.29 is 4.74 Å². The van der Waals surface area contributed by atoms with E-state index < -0.39 is 0 Å². The second kappa shape index (κ2) is 4.81. The molecule has 0 aromatic carbocycles. The summed E-state index contributed by atoms with van der Waals surface area (Å²) in [6.45, 7) is 10.00. The monoisotopic (exact) mass is 212 g/mol. The Morgan fingerprint density at radius 3 is 3.00 bits per heavy atom.